The Bertz CT molecular complexity index is 530. The van der Waals surface area contributed by atoms with Gasteiger partial charge in [-0.2, -0.15) is 0 Å². The van der Waals surface area contributed by atoms with Crippen LogP contribution in [0.5, 0.6) is 5.75 Å². The second-order valence-electron chi connectivity index (χ2n) is 5.64. The van der Waals surface area contributed by atoms with E-state index in [2.05, 4.69) is 17.1 Å². The van der Waals surface area contributed by atoms with Gasteiger partial charge in [0.25, 0.3) is 5.91 Å². The first-order valence-corrected chi connectivity index (χ1v) is 7.28. The van der Waals surface area contributed by atoms with E-state index in [0.717, 1.165) is 17.9 Å². The van der Waals surface area contributed by atoms with E-state index in [1.54, 1.807) is 0 Å². The molecule has 1 atom stereocenters. The van der Waals surface area contributed by atoms with E-state index in [9.17, 15) is 4.79 Å². The Morgan fingerprint density at radius 2 is 2.20 bits per heavy atom. The molecule has 1 unspecified atom stereocenters. The Kier molecular flexibility index (Phi) is 3.42. The summed E-state index contributed by atoms with van der Waals surface area (Å²) >= 11 is 0. The highest BCUT2D eigenvalue weighted by molar-refractivity contribution is 5.97. The third-order valence-corrected chi connectivity index (χ3v) is 4.12. The fourth-order valence-electron chi connectivity index (χ4n) is 3.01. The van der Waals surface area contributed by atoms with E-state index in [1.165, 1.54) is 25.7 Å². The van der Waals surface area contributed by atoms with E-state index in [-0.39, 0.29) is 12.5 Å². The van der Waals surface area contributed by atoms with Crippen molar-refractivity contribution in [3.63, 3.8) is 0 Å². The van der Waals surface area contributed by atoms with Crippen LogP contribution in [0.25, 0.3) is 0 Å². The van der Waals surface area contributed by atoms with Gasteiger partial charge in [-0.15, -0.1) is 0 Å². The Balaban J connectivity index is 1.96. The molecule has 0 spiro atoms. The van der Waals surface area contributed by atoms with Gasteiger partial charge in [0.2, 0.25) is 0 Å². The van der Waals surface area contributed by atoms with Crippen LogP contribution < -0.4 is 20.7 Å². The lowest BCUT2D eigenvalue weighted by atomic mass is 10.1. The lowest BCUT2D eigenvalue weighted by molar-refractivity contribution is -0.118. The second kappa shape index (κ2) is 5.23. The predicted molar refractivity (Wildman–Crippen MR) is 80.3 cm³/mol. The lowest BCUT2D eigenvalue weighted by Gasteiger charge is -2.32. The summed E-state index contributed by atoms with van der Waals surface area (Å²) in [6, 6.07) is 4.24. The normalized spacial score (nSPS) is 22.6. The van der Waals surface area contributed by atoms with Gasteiger partial charge in [0.05, 0.1) is 17.1 Å². The summed E-state index contributed by atoms with van der Waals surface area (Å²) in [6.45, 7) is 3.31. The topological polar surface area (TPSA) is 67.6 Å². The number of anilines is 3. The van der Waals surface area contributed by atoms with Crippen LogP contribution in [0, 0.1) is 0 Å². The molecule has 3 N–H and O–H groups in total. The summed E-state index contributed by atoms with van der Waals surface area (Å²) in [5, 5.41) is 2.85. The quantitative estimate of drug-likeness (QED) is 0.772. The molecule has 2 aliphatic heterocycles. The number of hydrogen-bond donors (Lipinski definition) is 2. The van der Waals surface area contributed by atoms with Gasteiger partial charge in [-0.3, -0.25) is 4.79 Å². The number of nitrogen functional groups attached to an aromatic ring is 1. The minimum atomic E-state index is -0.114. The summed E-state index contributed by atoms with van der Waals surface area (Å²) in [7, 11) is 0. The van der Waals surface area contributed by atoms with E-state index in [0.29, 0.717) is 17.5 Å². The Morgan fingerprint density at radius 1 is 1.35 bits per heavy atom. The number of nitrogens with zero attached hydrogens (tertiary/aromatic N) is 1. The van der Waals surface area contributed by atoms with Crippen molar-refractivity contribution in [3.05, 3.63) is 12.1 Å². The van der Waals surface area contributed by atoms with E-state index in [4.69, 9.17) is 10.5 Å². The van der Waals surface area contributed by atoms with Crippen molar-refractivity contribution < 1.29 is 9.53 Å². The largest absolute Gasteiger partial charge is 0.482 e. The number of benzene rings is 1. The third kappa shape index (κ3) is 2.40. The molecule has 0 aliphatic carbocycles. The lowest BCUT2D eigenvalue weighted by Crippen LogP contribution is -2.33. The molecule has 1 fully saturated rings. The number of hydrogen-bond acceptors (Lipinski definition) is 4. The highest BCUT2D eigenvalue weighted by Gasteiger charge is 2.23. The van der Waals surface area contributed by atoms with Crippen molar-refractivity contribution in [3.8, 4) is 5.75 Å². The Hall–Kier alpha value is -1.91. The smallest absolute Gasteiger partial charge is 0.262 e. The van der Waals surface area contributed by atoms with Crippen LogP contribution in [0.4, 0.5) is 17.1 Å². The van der Waals surface area contributed by atoms with Crippen LogP contribution in [0.2, 0.25) is 0 Å². The highest BCUT2D eigenvalue weighted by Crippen LogP contribution is 2.38. The Morgan fingerprint density at radius 3 is 3.05 bits per heavy atom. The molecule has 108 valence electrons. The van der Waals surface area contributed by atoms with Crippen molar-refractivity contribution in [1.82, 2.24) is 0 Å². The minimum absolute atomic E-state index is 0.0614. The van der Waals surface area contributed by atoms with E-state index >= 15 is 0 Å². The molecule has 0 saturated carbocycles. The molecule has 5 nitrogen and oxygen atoms in total. The number of ether oxygens (including phenoxy) is 1. The molecule has 1 aromatic carbocycles. The van der Waals surface area contributed by atoms with Crippen molar-refractivity contribution in [2.75, 3.05) is 29.1 Å². The van der Waals surface area contributed by atoms with Crippen molar-refractivity contribution in [2.24, 2.45) is 0 Å². The molecule has 2 aliphatic rings. The fourth-order valence-corrected chi connectivity index (χ4v) is 3.01. The average Bonchev–Trinajstić information content (AvgIpc) is 2.63. The van der Waals surface area contributed by atoms with Crippen molar-refractivity contribution in [2.45, 2.75) is 38.6 Å². The van der Waals surface area contributed by atoms with Gasteiger partial charge in [0.15, 0.2) is 6.61 Å². The second-order valence-corrected chi connectivity index (χ2v) is 5.64. The molecule has 20 heavy (non-hydrogen) atoms. The van der Waals surface area contributed by atoms with E-state index < -0.39 is 0 Å². The zero-order valence-corrected chi connectivity index (χ0v) is 11.8. The number of nitrogens with two attached hydrogens (primary N) is 1. The van der Waals surface area contributed by atoms with Crippen LogP contribution in [0.15, 0.2) is 12.1 Å². The summed E-state index contributed by atoms with van der Waals surface area (Å²) < 4.78 is 5.40. The molecule has 0 aromatic heterocycles. The number of carbonyl (C=O) groups excluding carboxylic acids is 1. The molecule has 1 amide bonds. The van der Waals surface area contributed by atoms with Gasteiger partial charge in [0, 0.05) is 18.7 Å². The number of amides is 1. The van der Waals surface area contributed by atoms with Gasteiger partial charge in [0.1, 0.15) is 5.75 Å². The maximum atomic E-state index is 11.4. The third-order valence-electron chi connectivity index (χ3n) is 4.12. The zero-order chi connectivity index (χ0) is 14.1. The number of rotatable bonds is 1. The van der Waals surface area contributed by atoms with Gasteiger partial charge in [-0.05, 0) is 25.8 Å². The van der Waals surface area contributed by atoms with Gasteiger partial charge in [-0.25, -0.2) is 0 Å². The number of nitrogens with one attached hydrogen (secondary N) is 1. The predicted octanol–water partition coefficient (Wildman–Crippen LogP) is 2.37. The summed E-state index contributed by atoms with van der Waals surface area (Å²) in [6.07, 6.45) is 4.90. The molecule has 0 bridgehead atoms. The maximum Gasteiger partial charge on any atom is 0.262 e. The number of fused-ring (bicyclic) bond motifs is 1. The van der Waals surface area contributed by atoms with E-state index in [1.807, 2.05) is 12.1 Å². The van der Waals surface area contributed by atoms with Gasteiger partial charge in [-0.1, -0.05) is 12.8 Å². The fraction of sp³-hybridized carbons (Fsp3) is 0.533. The molecule has 2 heterocycles. The zero-order valence-electron chi connectivity index (χ0n) is 11.8. The van der Waals surface area contributed by atoms with Crippen molar-refractivity contribution >= 4 is 23.0 Å². The average molecular weight is 275 g/mol. The highest BCUT2D eigenvalue weighted by atomic mass is 16.5. The summed E-state index contributed by atoms with van der Waals surface area (Å²) in [5.74, 6) is 0.547. The first kappa shape index (κ1) is 13.1. The van der Waals surface area contributed by atoms with Crippen molar-refractivity contribution in [1.29, 1.82) is 0 Å². The molecule has 1 saturated heterocycles. The molecule has 1 aromatic rings. The molecule has 5 heteroatoms. The molecule has 0 radical (unpaired) electrons. The van der Waals surface area contributed by atoms with Crippen LogP contribution >= 0.6 is 0 Å². The molecule has 3 rings (SSSR count). The van der Waals surface area contributed by atoms with Crippen LogP contribution in [0.3, 0.4) is 0 Å². The van der Waals surface area contributed by atoms with Gasteiger partial charge >= 0.3 is 0 Å². The van der Waals surface area contributed by atoms with Crippen LogP contribution in [0.1, 0.15) is 32.6 Å². The SMILES string of the molecule is CC1CCCCCN1c1cc2c(cc1N)OCC(=O)N2. The minimum Gasteiger partial charge on any atom is -0.482 e. The maximum absolute atomic E-state index is 11.4. The first-order chi connectivity index (χ1) is 9.65. The monoisotopic (exact) mass is 275 g/mol. The van der Waals surface area contributed by atoms with Crippen LogP contribution in [-0.4, -0.2) is 25.1 Å². The first-order valence-electron chi connectivity index (χ1n) is 7.28. The summed E-state index contributed by atoms with van der Waals surface area (Å²) in [5.41, 5.74) is 8.63. The standard InChI is InChI=1S/C15H21N3O2/c1-10-5-3-2-4-6-18(10)13-8-12-14(7-11(13)16)20-9-15(19)17-12/h7-8,10H,2-6,9,16H2,1H3,(H,17,19). The molecular weight excluding hydrogens is 254 g/mol. The summed E-state index contributed by atoms with van der Waals surface area (Å²) in [4.78, 5) is 13.8. The van der Waals surface area contributed by atoms with Crippen LogP contribution in [-0.2, 0) is 4.79 Å². The van der Waals surface area contributed by atoms with Gasteiger partial charge < -0.3 is 20.7 Å². The Labute approximate surface area is 119 Å². The number of carbonyl (C=O) groups is 1. The molecular formula is C15H21N3O2.